The van der Waals surface area contributed by atoms with E-state index in [1.807, 2.05) is 12.1 Å². The smallest absolute Gasteiger partial charge is 0.137 e. The van der Waals surface area contributed by atoms with Crippen LogP contribution in [0.25, 0.3) is 0 Å². The van der Waals surface area contributed by atoms with Crippen LogP contribution in [0, 0.1) is 5.92 Å². The van der Waals surface area contributed by atoms with Gasteiger partial charge >= 0.3 is 0 Å². The van der Waals surface area contributed by atoms with Crippen molar-refractivity contribution in [3.63, 3.8) is 0 Å². The number of benzene rings is 1. The van der Waals surface area contributed by atoms with Crippen LogP contribution < -0.4 is 10.1 Å². The molecule has 2 atom stereocenters. The summed E-state index contributed by atoms with van der Waals surface area (Å²) in [7, 11) is 1.69. The first kappa shape index (κ1) is 16.1. The maximum atomic E-state index is 6.22. The summed E-state index contributed by atoms with van der Waals surface area (Å²) in [5.41, 5.74) is 1.10. The Kier molecular flexibility index (Phi) is 6.15. The molecule has 1 aliphatic rings. The summed E-state index contributed by atoms with van der Waals surface area (Å²) in [6.07, 6.45) is 2.27. The number of methoxy groups -OCH3 is 1. The van der Waals surface area contributed by atoms with Crippen LogP contribution in [0.2, 0.25) is 5.02 Å². The van der Waals surface area contributed by atoms with E-state index in [1.165, 1.54) is 0 Å². The highest BCUT2D eigenvalue weighted by Crippen LogP contribution is 2.40. The minimum Gasteiger partial charge on any atom is -0.495 e. The third kappa shape index (κ3) is 3.67. The van der Waals surface area contributed by atoms with E-state index in [1.54, 1.807) is 7.11 Å². The summed E-state index contributed by atoms with van der Waals surface area (Å²) < 4.78 is 12.1. The first-order valence-corrected chi connectivity index (χ1v) is 8.18. The van der Waals surface area contributed by atoms with Gasteiger partial charge in [-0.2, -0.15) is 0 Å². The Labute approximate surface area is 134 Å². The average Bonchev–Trinajstić information content (AvgIpc) is 2.45. The van der Waals surface area contributed by atoms with Crippen molar-refractivity contribution in [1.29, 1.82) is 0 Å². The van der Waals surface area contributed by atoms with Crippen LogP contribution in [0.5, 0.6) is 5.75 Å². The number of hydrogen-bond donors (Lipinski definition) is 1. The van der Waals surface area contributed by atoms with Gasteiger partial charge in [0.1, 0.15) is 5.75 Å². The average molecular weight is 363 g/mol. The first-order chi connectivity index (χ1) is 9.67. The van der Waals surface area contributed by atoms with E-state index in [9.17, 15) is 0 Å². The highest BCUT2D eigenvalue weighted by molar-refractivity contribution is 9.10. The molecular weight excluding hydrogens is 342 g/mol. The predicted molar refractivity (Wildman–Crippen MR) is 85.7 cm³/mol. The Morgan fingerprint density at radius 3 is 2.95 bits per heavy atom. The number of rotatable bonds is 5. The van der Waals surface area contributed by atoms with E-state index < -0.39 is 0 Å². The Bertz CT molecular complexity index is 450. The molecule has 1 saturated heterocycles. The molecule has 112 valence electrons. The molecule has 1 fully saturated rings. The zero-order valence-corrected chi connectivity index (χ0v) is 14.3. The monoisotopic (exact) mass is 361 g/mol. The molecule has 0 bridgehead atoms. The normalized spacial score (nSPS) is 20.7. The molecule has 0 aromatic heterocycles. The summed E-state index contributed by atoms with van der Waals surface area (Å²) in [5.74, 6) is 1.30. The third-order valence-electron chi connectivity index (χ3n) is 3.67. The minimum atomic E-state index is 0.199. The molecule has 1 heterocycles. The summed E-state index contributed by atoms with van der Waals surface area (Å²) in [6, 6.07) is 4.06. The molecule has 0 aliphatic carbocycles. The van der Waals surface area contributed by atoms with E-state index >= 15 is 0 Å². The van der Waals surface area contributed by atoms with Gasteiger partial charge in [-0.15, -0.1) is 0 Å². The Balaban J connectivity index is 2.37. The quantitative estimate of drug-likeness (QED) is 0.852. The Morgan fingerprint density at radius 1 is 1.55 bits per heavy atom. The lowest BCUT2D eigenvalue weighted by molar-refractivity contribution is 0.0389. The molecule has 20 heavy (non-hydrogen) atoms. The van der Waals surface area contributed by atoms with Gasteiger partial charge in [0.2, 0.25) is 0 Å². The van der Waals surface area contributed by atoms with Gasteiger partial charge in [-0.3, -0.25) is 0 Å². The molecule has 0 saturated carbocycles. The van der Waals surface area contributed by atoms with E-state index in [2.05, 4.69) is 28.2 Å². The topological polar surface area (TPSA) is 30.5 Å². The second kappa shape index (κ2) is 7.64. The van der Waals surface area contributed by atoms with Gasteiger partial charge in [-0.25, -0.2) is 0 Å². The highest BCUT2D eigenvalue weighted by Gasteiger charge is 2.28. The molecule has 0 spiro atoms. The summed E-state index contributed by atoms with van der Waals surface area (Å²) in [5, 5.41) is 4.27. The molecule has 1 N–H and O–H groups in total. The van der Waals surface area contributed by atoms with Crippen LogP contribution in [-0.4, -0.2) is 26.9 Å². The van der Waals surface area contributed by atoms with Crippen molar-refractivity contribution < 1.29 is 9.47 Å². The van der Waals surface area contributed by atoms with Crippen molar-refractivity contribution in [3.05, 3.63) is 27.2 Å². The van der Waals surface area contributed by atoms with E-state index in [0.717, 1.165) is 48.4 Å². The number of nitrogens with one attached hydrogen (secondary N) is 1. The SMILES string of the molecule is CCNC(c1cc(Cl)cc(Br)c1OC)C1CCCOC1. The van der Waals surface area contributed by atoms with Crippen molar-refractivity contribution in [2.75, 3.05) is 26.9 Å². The fourth-order valence-electron chi connectivity index (χ4n) is 2.81. The van der Waals surface area contributed by atoms with Crippen molar-refractivity contribution in [1.82, 2.24) is 5.32 Å². The van der Waals surface area contributed by atoms with Gasteiger partial charge < -0.3 is 14.8 Å². The van der Waals surface area contributed by atoms with Crippen LogP contribution in [0.1, 0.15) is 31.4 Å². The Hall–Kier alpha value is -0.290. The molecule has 5 heteroatoms. The van der Waals surface area contributed by atoms with Crippen LogP contribution >= 0.6 is 27.5 Å². The fraction of sp³-hybridized carbons (Fsp3) is 0.600. The molecule has 1 aromatic carbocycles. The lowest BCUT2D eigenvalue weighted by Crippen LogP contribution is -2.33. The first-order valence-electron chi connectivity index (χ1n) is 7.01. The van der Waals surface area contributed by atoms with Crippen LogP contribution in [0.15, 0.2) is 16.6 Å². The van der Waals surface area contributed by atoms with Crippen LogP contribution in [0.3, 0.4) is 0 Å². The highest BCUT2D eigenvalue weighted by atomic mass is 79.9. The Morgan fingerprint density at radius 2 is 2.35 bits per heavy atom. The van der Waals surface area contributed by atoms with Gasteiger partial charge in [0.15, 0.2) is 0 Å². The molecule has 2 rings (SSSR count). The van der Waals surface area contributed by atoms with Crippen molar-refractivity contribution >= 4 is 27.5 Å². The predicted octanol–water partition coefficient (Wildman–Crippen LogP) is 4.19. The summed E-state index contributed by atoms with van der Waals surface area (Å²) in [6.45, 7) is 4.66. The summed E-state index contributed by atoms with van der Waals surface area (Å²) in [4.78, 5) is 0. The van der Waals surface area contributed by atoms with Crippen LogP contribution in [0.4, 0.5) is 0 Å². The minimum absolute atomic E-state index is 0.199. The van der Waals surface area contributed by atoms with Gasteiger partial charge in [0.25, 0.3) is 0 Å². The van der Waals surface area contributed by atoms with Crippen molar-refractivity contribution in [2.45, 2.75) is 25.8 Å². The molecular formula is C15H21BrClNO2. The standard InChI is InChI=1S/C15H21BrClNO2/c1-3-18-14(10-5-4-6-20-9-10)12-7-11(17)8-13(16)15(12)19-2/h7-8,10,14,18H,3-6,9H2,1-2H3. The van der Waals surface area contributed by atoms with Gasteiger partial charge in [0.05, 0.1) is 18.2 Å². The van der Waals surface area contributed by atoms with E-state index in [0.29, 0.717) is 10.9 Å². The lowest BCUT2D eigenvalue weighted by atomic mass is 9.88. The molecule has 2 unspecified atom stereocenters. The molecule has 3 nitrogen and oxygen atoms in total. The van der Waals surface area contributed by atoms with Crippen molar-refractivity contribution in [2.24, 2.45) is 5.92 Å². The lowest BCUT2D eigenvalue weighted by Gasteiger charge is -2.32. The summed E-state index contributed by atoms with van der Waals surface area (Å²) >= 11 is 9.75. The third-order valence-corrected chi connectivity index (χ3v) is 4.47. The maximum absolute atomic E-state index is 6.22. The van der Waals surface area contributed by atoms with Gasteiger partial charge in [-0.1, -0.05) is 18.5 Å². The molecule has 1 aliphatic heterocycles. The molecule has 0 radical (unpaired) electrons. The largest absolute Gasteiger partial charge is 0.495 e. The van der Waals surface area contributed by atoms with Crippen LogP contribution in [-0.2, 0) is 4.74 Å². The molecule has 1 aromatic rings. The maximum Gasteiger partial charge on any atom is 0.137 e. The van der Waals surface area contributed by atoms with Gasteiger partial charge in [-0.05, 0) is 47.4 Å². The second-order valence-electron chi connectivity index (χ2n) is 5.02. The second-order valence-corrected chi connectivity index (χ2v) is 6.31. The van der Waals surface area contributed by atoms with E-state index in [4.69, 9.17) is 21.1 Å². The number of hydrogen-bond acceptors (Lipinski definition) is 3. The van der Waals surface area contributed by atoms with Gasteiger partial charge in [0, 0.05) is 29.2 Å². The number of ether oxygens (including phenoxy) is 2. The zero-order chi connectivity index (χ0) is 14.5. The van der Waals surface area contributed by atoms with E-state index in [-0.39, 0.29) is 6.04 Å². The van der Waals surface area contributed by atoms with Crippen molar-refractivity contribution in [3.8, 4) is 5.75 Å². The number of halogens is 2. The molecule has 0 amide bonds. The zero-order valence-electron chi connectivity index (χ0n) is 11.9. The fourth-order valence-corrected chi connectivity index (χ4v) is 3.80.